The fourth-order valence-corrected chi connectivity index (χ4v) is 2.92. The SMILES string of the molecule is Nc1ccc(CC(=O)c2cscc2Br)cc1. The fourth-order valence-electron chi connectivity index (χ4n) is 1.40. The summed E-state index contributed by atoms with van der Waals surface area (Å²) < 4.78 is 0.873. The number of carbonyl (C=O) groups is 1. The lowest BCUT2D eigenvalue weighted by Gasteiger charge is -2.01. The van der Waals surface area contributed by atoms with Gasteiger partial charge in [-0.3, -0.25) is 4.79 Å². The van der Waals surface area contributed by atoms with E-state index < -0.39 is 0 Å². The average Bonchev–Trinajstić information content (AvgIpc) is 2.68. The van der Waals surface area contributed by atoms with Gasteiger partial charge in [0.05, 0.1) is 0 Å². The van der Waals surface area contributed by atoms with E-state index in [2.05, 4.69) is 15.9 Å². The predicted molar refractivity (Wildman–Crippen MR) is 70.9 cm³/mol. The Bertz CT molecular complexity index is 504. The molecular weight excluding hydrogens is 286 g/mol. The molecule has 0 fully saturated rings. The van der Waals surface area contributed by atoms with Crippen molar-refractivity contribution in [1.82, 2.24) is 0 Å². The molecule has 82 valence electrons. The topological polar surface area (TPSA) is 43.1 Å². The van der Waals surface area contributed by atoms with Crippen LogP contribution in [0.2, 0.25) is 0 Å². The van der Waals surface area contributed by atoms with Gasteiger partial charge < -0.3 is 5.73 Å². The number of carbonyl (C=O) groups excluding carboxylic acids is 1. The van der Waals surface area contributed by atoms with Crippen LogP contribution in [0.1, 0.15) is 15.9 Å². The minimum Gasteiger partial charge on any atom is -0.399 e. The molecule has 0 bridgehead atoms. The van der Waals surface area contributed by atoms with Crippen LogP contribution in [0.3, 0.4) is 0 Å². The molecule has 1 aromatic carbocycles. The lowest BCUT2D eigenvalue weighted by molar-refractivity contribution is 0.0992. The van der Waals surface area contributed by atoms with Gasteiger partial charge in [-0.25, -0.2) is 0 Å². The predicted octanol–water partition coefficient (Wildman–Crippen LogP) is 3.52. The number of ketones is 1. The number of Topliss-reactive ketones (excluding diaryl/α,β-unsaturated/α-hetero) is 1. The molecule has 1 aromatic heterocycles. The Morgan fingerprint density at radius 2 is 1.94 bits per heavy atom. The zero-order valence-electron chi connectivity index (χ0n) is 8.44. The Balaban J connectivity index is 2.14. The van der Waals surface area contributed by atoms with Gasteiger partial charge in [-0.1, -0.05) is 12.1 Å². The van der Waals surface area contributed by atoms with Crippen LogP contribution >= 0.6 is 27.3 Å². The second-order valence-electron chi connectivity index (χ2n) is 3.47. The highest BCUT2D eigenvalue weighted by Gasteiger charge is 2.11. The van der Waals surface area contributed by atoms with Gasteiger partial charge in [0.25, 0.3) is 0 Å². The van der Waals surface area contributed by atoms with Gasteiger partial charge in [-0.2, -0.15) is 11.3 Å². The van der Waals surface area contributed by atoms with E-state index in [0.717, 1.165) is 15.6 Å². The molecule has 0 aliphatic heterocycles. The highest BCUT2D eigenvalue weighted by Crippen LogP contribution is 2.23. The van der Waals surface area contributed by atoms with Gasteiger partial charge in [0.1, 0.15) is 0 Å². The molecule has 0 atom stereocenters. The maximum absolute atomic E-state index is 11.9. The standard InChI is InChI=1S/C12H10BrNOS/c13-11-7-16-6-10(11)12(15)5-8-1-3-9(14)4-2-8/h1-4,6-7H,5,14H2. The Kier molecular flexibility index (Phi) is 3.41. The molecule has 2 aromatic rings. The highest BCUT2D eigenvalue weighted by molar-refractivity contribution is 9.10. The van der Waals surface area contributed by atoms with E-state index >= 15 is 0 Å². The van der Waals surface area contributed by atoms with Crippen molar-refractivity contribution < 1.29 is 4.79 Å². The summed E-state index contributed by atoms with van der Waals surface area (Å²) in [6.07, 6.45) is 0.412. The third kappa shape index (κ3) is 2.51. The quantitative estimate of drug-likeness (QED) is 0.695. The van der Waals surface area contributed by atoms with E-state index in [1.807, 2.05) is 35.0 Å². The first-order valence-electron chi connectivity index (χ1n) is 4.76. The van der Waals surface area contributed by atoms with Crippen molar-refractivity contribution in [2.45, 2.75) is 6.42 Å². The minimum atomic E-state index is 0.123. The number of rotatable bonds is 3. The van der Waals surface area contributed by atoms with Crippen LogP contribution in [0.25, 0.3) is 0 Å². The van der Waals surface area contributed by atoms with Crippen LogP contribution < -0.4 is 5.73 Å². The van der Waals surface area contributed by atoms with E-state index in [1.54, 1.807) is 0 Å². The lowest BCUT2D eigenvalue weighted by atomic mass is 10.1. The molecule has 0 saturated carbocycles. The van der Waals surface area contributed by atoms with Crippen LogP contribution in [-0.4, -0.2) is 5.78 Å². The van der Waals surface area contributed by atoms with Crippen LogP contribution in [0.5, 0.6) is 0 Å². The average molecular weight is 296 g/mol. The first-order valence-corrected chi connectivity index (χ1v) is 6.49. The largest absolute Gasteiger partial charge is 0.399 e. The van der Waals surface area contributed by atoms with Gasteiger partial charge in [0.2, 0.25) is 0 Å². The number of nitrogen functional groups attached to an aromatic ring is 1. The number of benzene rings is 1. The smallest absolute Gasteiger partial charge is 0.169 e. The summed E-state index contributed by atoms with van der Waals surface area (Å²) in [5.74, 6) is 0.123. The van der Waals surface area contributed by atoms with Gasteiger partial charge >= 0.3 is 0 Å². The summed E-state index contributed by atoms with van der Waals surface area (Å²) in [7, 11) is 0. The number of halogens is 1. The maximum atomic E-state index is 11.9. The first-order chi connectivity index (χ1) is 7.66. The summed E-state index contributed by atoms with van der Waals surface area (Å²) in [4.78, 5) is 11.9. The van der Waals surface area contributed by atoms with E-state index in [4.69, 9.17) is 5.73 Å². The van der Waals surface area contributed by atoms with Gasteiger partial charge in [0.15, 0.2) is 5.78 Å². The van der Waals surface area contributed by atoms with Crippen LogP contribution in [0.4, 0.5) is 5.69 Å². The summed E-state index contributed by atoms with van der Waals surface area (Å²) in [6.45, 7) is 0. The molecule has 0 radical (unpaired) electrons. The molecule has 0 unspecified atom stereocenters. The van der Waals surface area contributed by atoms with Crippen LogP contribution in [-0.2, 0) is 6.42 Å². The third-order valence-electron chi connectivity index (χ3n) is 2.26. The molecule has 2 rings (SSSR count). The Hall–Kier alpha value is -1.13. The third-order valence-corrected chi connectivity index (χ3v) is 3.96. The lowest BCUT2D eigenvalue weighted by Crippen LogP contribution is -2.02. The van der Waals surface area contributed by atoms with E-state index in [0.29, 0.717) is 12.1 Å². The molecule has 0 aliphatic carbocycles. The van der Waals surface area contributed by atoms with Crippen molar-refractivity contribution in [1.29, 1.82) is 0 Å². The molecule has 2 nitrogen and oxygen atoms in total. The Labute approximate surface area is 106 Å². The zero-order chi connectivity index (χ0) is 11.5. The molecular formula is C12H10BrNOS. The second kappa shape index (κ2) is 4.80. The van der Waals surface area contributed by atoms with Gasteiger partial charge in [-0.15, -0.1) is 0 Å². The van der Waals surface area contributed by atoms with Crippen LogP contribution in [0.15, 0.2) is 39.5 Å². The molecule has 4 heteroatoms. The van der Waals surface area contributed by atoms with Crippen molar-refractivity contribution in [2.24, 2.45) is 0 Å². The van der Waals surface area contributed by atoms with E-state index in [-0.39, 0.29) is 5.78 Å². The molecule has 16 heavy (non-hydrogen) atoms. The summed E-state index contributed by atoms with van der Waals surface area (Å²) in [5, 5.41) is 3.78. The van der Waals surface area contributed by atoms with Crippen molar-refractivity contribution in [2.75, 3.05) is 5.73 Å². The van der Waals surface area contributed by atoms with Gasteiger partial charge in [0, 0.05) is 32.9 Å². The first kappa shape index (κ1) is 11.4. The molecule has 0 saturated heterocycles. The maximum Gasteiger partial charge on any atom is 0.169 e. The second-order valence-corrected chi connectivity index (χ2v) is 5.07. The van der Waals surface area contributed by atoms with Gasteiger partial charge in [-0.05, 0) is 33.6 Å². The number of thiophene rings is 1. The monoisotopic (exact) mass is 295 g/mol. The Morgan fingerprint density at radius 1 is 1.25 bits per heavy atom. The molecule has 1 heterocycles. The van der Waals surface area contributed by atoms with E-state index in [1.165, 1.54) is 11.3 Å². The molecule has 0 aliphatic rings. The highest BCUT2D eigenvalue weighted by atomic mass is 79.9. The summed E-state index contributed by atoms with van der Waals surface area (Å²) in [5.41, 5.74) is 8.04. The van der Waals surface area contributed by atoms with Crippen molar-refractivity contribution in [3.8, 4) is 0 Å². The zero-order valence-corrected chi connectivity index (χ0v) is 10.8. The van der Waals surface area contributed by atoms with Crippen LogP contribution in [0, 0.1) is 0 Å². The van der Waals surface area contributed by atoms with Crippen molar-refractivity contribution in [3.05, 3.63) is 50.6 Å². The number of anilines is 1. The van der Waals surface area contributed by atoms with E-state index in [9.17, 15) is 4.79 Å². The van der Waals surface area contributed by atoms with Crippen molar-refractivity contribution >= 4 is 38.7 Å². The summed E-state index contributed by atoms with van der Waals surface area (Å²) in [6, 6.07) is 7.39. The summed E-state index contributed by atoms with van der Waals surface area (Å²) >= 11 is 4.88. The molecule has 0 amide bonds. The van der Waals surface area contributed by atoms with Crippen molar-refractivity contribution in [3.63, 3.8) is 0 Å². The normalized spacial score (nSPS) is 10.3. The Morgan fingerprint density at radius 3 is 2.50 bits per heavy atom. The fraction of sp³-hybridized carbons (Fsp3) is 0.0833. The number of nitrogens with two attached hydrogens (primary N) is 1. The number of hydrogen-bond acceptors (Lipinski definition) is 3. The number of hydrogen-bond donors (Lipinski definition) is 1. The molecule has 2 N–H and O–H groups in total. The minimum absolute atomic E-state index is 0.123. The molecule has 0 spiro atoms.